The van der Waals surface area contributed by atoms with Gasteiger partial charge in [0.2, 0.25) is 11.6 Å². The van der Waals surface area contributed by atoms with E-state index < -0.39 is 43.2 Å². The number of methoxy groups -OCH3 is 2. The van der Waals surface area contributed by atoms with E-state index in [1.54, 1.807) is 24.3 Å². The molecule has 0 spiro atoms. The minimum atomic E-state index is -3.48. The smallest absolute Gasteiger partial charge is 0.329 e. The zero-order chi connectivity index (χ0) is 24.6. The van der Waals surface area contributed by atoms with Gasteiger partial charge in [-0.05, 0) is 56.1 Å². The van der Waals surface area contributed by atoms with E-state index in [9.17, 15) is 22.4 Å². The second kappa shape index (κ2) is 11.8. The van der Waals surface area contributed by atoms with Crippen LogP contribution < -0.4 is 5.32 Å². The Hall–Kier alpha value is -2.16. The van der Waals surface area contributed by atoms with Crippen LogP contribution in [0.1, 0.15) is 5.82 Å². The highest BCUT2D eigenvalue weighted by molar-refractivity contribution is 9.10. The van der Waals surface area contributed by atoms with E-state index in [-0.39, 0.29) is 0 Å². The van der Waals surface area contributed by atoms with Gasteiger partial charge >= 0.3 is 11.8 Å². The summed E-state index contributed by atoms with van der Waals surface area (Å²) >= 11 is 6.39. The molecule has 14 heteroatoms. The highest BCUT2D eigenvalue weighted by Crippen LogP contribution is 2.27. The number of hydrogen-bond donors (Lipinski definition) is 1. The molecule has 33 heavy (non-hydrogen) atoms. The lowest BCUT2D eigenvalue weighted by molar-refractivity contribution is -0.148. The predicted molar refractivity (Wildman–Crippen MR) is 119 cm³/mol. The fraction of sp³-hybridized carbons (Fsp3) is 0.368. The number of hydrogen-bond acceptors (Lipinski definition) is 7. The Kier molecular flexibility index (Phi) is 9.70. The number of aromatic nitrogens is 4. The minimum absolute atomic E-state index is 0.356. The maximum Gasteiger partial charge on any atom is 0.329 e. The number of halogens is 6. The molecule has 3 heterocycles. The number of Topliss-reactive ketones (excluding diaryl/α,β-unsaturated/α-hetero) is 1. The predicted octanol–water partition coefficient (Wildman–Crippen LogP) is 4.34. The van der Waals surface area contributed by atoms with E-state index >= 15 is 0 Å². The molecule has 0 radical (unpaired) electrons. The standard InChI is InChI=1S/C10H11BrF2N2O2.C9H8BrF2N3O/c1-17-6-10(12,13)8(16)5-15-9-3-2-7(11)4-14-9;1-16-5-9(11,12)8-14-13-7-3-2-6(10)4-15(7)8/h2-4H,5-6H2,1H3,(H,14,15);2-4H,5H2,1H3. The van der Waals surface area contributed by atoms with Gasteiger partial charge in [-0.3, -0.25) is 9.20 Å². The quantitative estimate of drug-likeness (QED) is 0.366. The van der Waals surface area contributed by atoms with Gasteiger partial charge in [0.25, 0.3) is 0 Å². The van der Waals surface area contributed by atoms with Crippen LogP contribution in [0.5, 0.6) is 0 Å². The lowest BCUT2D eigenvalue weighted by Gasteiger charge is -2.14. The van der Waals surface area contributed by atoms with Crippen LogP contribution >= 0.6 is 31.9 Å². The molecule has 3 aromatic rings. The van der Waals surface area contributed by atoms with Crippen LogP contribution in [0.15, 0.2) is 45.6 Å². The SMILES string of the molecule is COCC(F)(F)C(=O)CNc1ccc(Br)cn1.COCC(F)(F)c1nnc2ccc(Br)cn12. The van der Waals surface area contributed by atoms with Crippen molar-refractivity contribution in [2.24, 2.45) is 0 Å². The third kappa shape index (κ3) is 7.69. The molecule has 0 aliphatic rings. The van der Waals surface area contributed by atoms with Crippen molar-refractivity contribution in [1.29, 1.82) is 0 Å². The van der Waals surface area contributed by atoms with Crippen LogP contribution in [0, 0.1) is 0 Å². The highest BCUT2D eigenvalue weighted by atomic mass is 79.9. The fourth-order valence-electron chi connectivity index (χ4n) is 2.40. The number of alkyl halides is 4. The second-order valence-corrected chi connectivity index (χ2v) is 8.34. The third-order valence-corrected chi connectivity index (χ3v) is 4.85. The van der Waals surface area contributed by atoms with E-state index in [0.717, 1.165) is 11.6 Å². The Labute approximate surface area is 202 Å². The largest absolute Gasteiger partial charge is 0.378 e. The van der Waals surface area contributed by atoms with Gasteiger partial charge in [-0.1, -0.05) is 0 Å². The number of anilines is 1. The Morgan fingerprint density at radius 3 is 2.30 bits per heavy atom. The maximum absolute atomic E-state index is 13.6. The Bertz CT molecular complexity index is 1070. The molecule has 1 N–H and O–H groups in total. The van der Waals surface area contributed by atoms with Gasteiger partial charge < -0.3 is 14.8 Å². The summed E-state index contributed by atoms with van der Waals surface area (Å²) in [7, 11) is 2.33. The van der Waals surface area contributed by atoms with Gasteiger partial charge in [-0.15, -0.1) is 10.2 Å². The molecule has 0 aliphatic carbocycles. The summed E-state index contributed by atoms with van der Waals surface area (Å²) in [5, 5.41) is 9.67. The second-order valence-electron chi connectivity index (χ2n) is 6.51. The van der Waals surface area contributed by atoms with Gasteiger partial charge in [-0.25, -0.2) is 4.98 Å². The van der Waals surface area contributed by atoms with E-state index in [1.165, 1.54) is 23.9 Å². The Balaban J connectivity index is 0.000000234. The summed E-state index contributed by atoms with van der Waals surface area (Å²) in [6.45, 7) is -2.13. The highest BCUT2D eigenvalue weighted by Gasteiger charge is 2.38. The first-order valence-electron chi connectivity index (χ1n) is 9.13. The summed E-state index contributed by atoms with van der Waals surface area (Å²) in [6.07, 6.45) is 2.99. The summed E-state index contributed by atoms with van der Waals surface area (Å²) in [6, 6.07) is 6.57. The van der Waals surface area contributed by atoms with Gasteiger partial charge in [0.1, 0.15) is 19.0 Å². The fourth-order valence-corrected chi connectivity index (χ4v) is 2.97. The number of nitrogens with one attached hydrogen (secondary N) is 1. The third-order valence-electron chi connectivity index (χ3n) is 3.91. The molecule has 3 rings (SSSR count). The maximum atomic E-state index is 13.6. The average molecular weight is 601 g/mol. The molecule has 0 aromatic carbocycles. The van der Waals surface area contributed by atoms with E-state index in [2.05, 4.69) is 61.8 Å². The minimum Gasteiger partial charge on any atom is -0.378 e. The van der Waals surface area contributed by atoms with Gasteiger partial charge in [0.05, 0.1) is 6.54 Å². The molecule has 0 saturated heterocycles. The molecular weight excluding hydrogens is 582 g/mol. The lowest BCUT2D eigenvalue weighted by Crippen LogP contribution is -2.38. The van der Waals surface area contributed by atoms with Gasteiger partial charge in [0, 0.05) is 35.6 Å². The molecule has 0 fully saturated rings. The molecule has 0 unspecified atom stereocenters. The lowest BCUT2D eigenvalue weighted by atomic mass is 10.2. The van der Waals surface area contributed by atoms with Gasteiger partial charge in [-0.2, -0.15) is 17.6 Å². The number of ketones is 1. The van der Waals surface area contributed by atoms with Crippen LogP contribution in [-0.4, -0.2) is 65.3 Å². The molecule has 0 aliphatic heterocycles. The molecule has 0 amide bonds. The summed E-state index contributed by atoms with van der Waals surface area (Å²) in [5.74, 6) is -7.93. The molecule has 0 saturated carbocycles. The van der Waals surface area contributed by atoms with Crippen molar-refractivity contribution in [3.8, 4) is 0 Å². The summed E-state index contributed by atoms with van der Waals surface area (Å²) in [5.41, 5.74) is 0.369. The summed E-state index contributed by atoms with van der Waals surface area (Å²) < 4.78 is 64.7. The average Bonchev–Trinajstić information content (AvgIpc) is 3.17. The summed E-state index contributed by atoms with van der Waals surface area (Å²) in [4.78, 5) is 15.1. The Morgan fingerprint density at radius 2 is 1.70 bits per heavy atom. The number of carbonyl (C=O) groups excluding carboxylic acids is 1. The van der Waals surface area contributed by atoms with Crippen LogP contribution in [0.2, 0.25) is 0 Å². The van der Waals surface area contributed by atoms with Crippen LogP contribution in [0.3, 0.4) is 0 Å². The van der Waals surface area contributed by atoms with Crippen molar-refractivity contribution in [1.82, 2.24) is 19.6 Å². The van der Waals surface area contributed by atoms with Crippen molar-refractivity contribution < 1.29 is 31.8 Å². The Morgan fingerprint density at radius 1 is 1.03 bits per heavy atom. The molecule has 3 aromatic heterocycles. The first kappa shape index (κ1) is 27.1. The number of pyridine rings is 2. The van der Waals surface area contributed by atoms with Crippen LogP contribution in [-0.2, 0) is 20.2 Å². The number of fused-ring (bicyclic) bond motifs is 1. The van der Waals surface area contributed by atoms with E-state index in [1.807, 2.05) is 0 Å². The molecule has 8 nitrogen and oxygen atoms in total. The van der Waals surface area contributed by atoms with Gasteiger partial charge in [0.15, 0.2) is 5.65 Å². The van der Waals surface area contributed by atoms with Crippen LogP contribution in [0.25, 0.3) is 5.65 Å². The number of nitrogens with zero attached hydrogens (tertiary/aromatic N) is 4. The van der Waals surface area contributed by atoms with Crippen molar-refractivity contribution >= 4 is 49.1 Å². The van der Waals surface area contributed by atoms with Crippen molar-refractivity contribution in [2.75, 3.05) is 39.3 Å². The zero-order valence-corrected chi connectivity index (χ0v) is 20.5. The monoisotopic (exact) mass is 599 g/mol. The number of rotatable bonds is 9. The van der Waals surface area contributed by atoms with Crippen molar-refractivity contribution in [2.45, 2.75) is 11.8 Å². The van der Waals surface area contributed by atoms with Crippen LogP contribution in [0.4, 0.5) is 23.4 Å². The number of carbonyl (C=O) groups is 1. The zero-order valence-electron chi connectivity index (χ0n) is 17.4. The first-order chi connectivity index (χ1) is 15.5. The van der Waals surface area contributed by atoms with Crippen molar-refractivity contribution in [3.63, 3.8) is 0 Å². The van der Waals surface area contributed by atoms with Crippen molar-refractivity contribution in [3.05, 3.63) is 51.4 Å². The number of ether oxygens (including phenoxy) is 2. The first-order valence-corrected chi connectivity index (χ1v) is 10.7. The molecule has 180 valence electrons. The molecule has 0 bridgehead atoms. The molecule has 0 atom stereocenters. The van der Waals surface area contributed by atoms with E-state index in [4.69, 9.17) is 0 Å². The molecular formula is C19H19Br2F4N5O3. The normalized spacial score (nSPS) is 11.8. The van der Waals surface area contributed by atoms with E-state index in [0.29, 0.717) is 15.9 Å². The topological polar surface area (TPSA) is 90.6 Å².